The molecule has 0 unspecified atom stereocenters. The molecule has 0 atom stereocenters. The van der Waals surface area contributed by atoms with Gasteiger partial charge in [0.1, 0.15) is 17.6 Å². The zero-order valence-corrected chi connectivity index (χ0v) is 8.00. The number of hydrogen-bond donors (Lipinski definition) is 0. The quantitative estimate of drug-likeness (QED) is 0.624. The molecule has 0 fully saturated rings. The summed E-state index contributed by atoms with van der Waals surface area (Å²) in [5.74, 6) is -0.263. The third-order valence-electron chi connectivity index (χ3n) is 2.45. The molecule has 0 aliphatic carbocycles. The minimum atomic E-state index is -0.263. The van der Waals surface area contributed by atoms with E-state index in [-0.39, 0.29) is 5.82 Å². The molecule has 2 aromatic rings. The average Bonchev–Trinajstić information content (AvgIpc) is 2.44. The van der Waals surface area contributed by atoms with Gasteiger partial charge in [0.05, 0.1) is 5.52 Å². The van der Waals surface area contributed by atoms with Crippen LogP contribution in [0.3, 0.4) is 0 Å². The van der Waals surface area contributed by atoms with E-state index in [9.17, 15) is 4.39 Å². The first kappa shape index (κ1) is 8.76. The lowest BCUT2D eigenvalue weighted by Gasteiger charge is -1.99. The van der Waals surface area contributed by atoms with Crippen molar-refractivity contribution in [2.24, 2.45) is 7.05 Å². The summed E-state index contributed by atoms with van der Waals surface area (Å²) in [6.45, 7) is 1.84. The third-order valence-corrected chi connectivity index (χ3v) is 2.45. The Kier molecular flexibility index (Phi) is 1.78. The number of halogens is 1. The number of aryl methyl sites for hydroxylation is 2. The largest absolute Gasteiger partial charge is 0.335 e. The molecule has 0 spiro atoms. The minimum absolute atomic E-state index is 0.263. The van der Waals surface area contributed by atoms with E-state index >= 15 is 0 Å². The van der Waals surface area contributed by atoms with Gasteiger partial charge in [0.2, 0.25) is 0 Å². The van der Waals surface area contributed by atoms with Gasteiger partial charge >= 0.3 is 0 Å². The maximum Gasteiger partial charge on any atom is 0.125 e. The second-order valence-electron chi connectivity index (χ2n) is 3.36. The van der Waals surface area contributed by atoms with Gasteiger partial charge in [0.15, 0.2) is 0 Å². The highest BCUT2D eigenvalue weighted by atomic mass is 19.1. The summed E-state index contributed by atoms with van der Waals surface area (Å²) in [6, 6.07) is 6.78. The van der Waals surface area contributed by atoms with Gasteiger partial charge in [-0.05, 0) is 30.7 Å². The molecule has 14 heavy (non-hydrogen) atoms. The Morgan fingerprint density at radius 3 is 2.71 bits per heavy atom. The van der Waals surface area contributed by atoms with Crippen LogP contribution < -0.4 is 0 Å². The van der Waals surface area contributed by atoms with E-state index in [1.165, 1.54) is 12.1 Å². The summed E-state index contributed by atoms with van der Waals surface area (Å²) < 4.78 is 14.8. The Labute approximate surface area is 81.2 Å². The molecule has 0 aliphatic heterocycles. The van der Waals surface area contributed by atoms with Gasteiger partial charge in [-0.15, -0.1) is 0 Å². The van der Waals surface area contributed by atoms with Crippen LogP contribution in [0, 0.1) is 24.1 Å². The molecule has 0 N–H and O–H groups in total. The monoisotopic (exact) mass is 188 g/mol. The molecule has 0 radical (unpaired) electrons. The molecule has 0 aliphatic rings. The van der Waals surface area contributed by atoms with Crippen LogP contribution >= 0.6 is 0 Å². The number of nitrogens with zero attached hydrogens (tertiary/aromatic N) is 2. The van der Waals surface area contributed by atoms with Gasteiger partial charge in [-0.1, -0.05) is 0 Å². The first-order valence-corrected chi connectivity index (χ1v) is 4.29. The predicted molar refractivity (Wildman–Crippen MR) is 52.3 cm³/mol. The fourth-order valence-electron chi connectivity index (χ4n) is 1.67. The molecule has 1 heterocycles. The summed E-state index contributed by atoms with van der Waals surface area (Å²) in [7, 11) is 1.76. The Balaban J connectivity index is 2.94. The van der Waals surface area contributed by atoms with Crippen LogP contribution in [-0.4, -0.2) is 4.57 Å². The second kappa shape index (κ2) is 2.85. The minimum Gasteiger partial charge on any atom is -0.335 e. The van der Waals surface area contributed by atoms with E-state index in [1.807, 2.05) is 6.92 Å². The molecule has 1 aromatic heterocycles. The number of nitriles is 1. The van der Waals surface area contributed by atoms with Crippen LogP contribution in [-0.2, 0) is 7.05 Å². The molecule has 70 valence electrons. The number of rotatable bonds is 0. The highest BCUT2D eigenvalue weighted by Crippen LogP contribution is 2.23. The standard InChI is InChI=1S/C11H9FN2/c1-7-3-8(12)4-11-10(7)5-9(6-13)14(11)2/h3-5H,1-2H3. The van der Waals surface area contributed by atoms with Crippen LogP contribution in [0.5, 0.6) is 0 Å². The first-order chi connectivity index (χ1) is 6.63. The summed E-state index contributed by atoms with van der Waals surface area (Å²) in [5.41, 5.74) is 2.17. The molecular formula is C11H9FN2. The number of fused-ring (bicyclic) bond motifs is 1. The molecule has 0 saturated carbocycles. The lowest BCUT2D eigenvalue weighted by molar-refractivity contribution is 0.628. The zero-order valence-electron chi connectivity index (χ0n) is 8.00. The predicted octanol–water partition coefficient (Wildman–Crippen LogP) is 2.50. The molecule has 3 heteroatoms. The topological polar surface area (TPSA) is 28.7 Å². The highest BCUT2D eigenvalue weighted by Gasteiger charge is 2.08. The van der Waals surface area contributed by atoms with E-state index < -0.39 is 0 Å². The molecule has 0 saturated heterocycles. The SMILES string of the molecule is Cc1cc(F)cc2c1cc(C#N)n2C. The molecule has 1 aromatic carbocycles. The number of benzene rings is 1. The average molecular weight is 188 g/mol. The fraction of sp³-hybridized carbons (Fsp3) is 0.182. The van der Waals surface area contributed by atoms with Crippen molar-refractivity contribution in [3.63, 3.8) is 0 Å². The van der Waals surface area contributed by atoms with E-state index in [1.54, 1.807) is 17.7 Å². The summed E-state index contributed by atoms with van der Waals surface area (Å²) in [6.07, 6.45) is 0. The summed E-state index contributed by atoms with van der Waals surface area (Å²) >= 11 is 0. The Hall–Kier alpha value is -1.82. The molecule has 2 nitrogen and oxygen atoms in total. The normalized spacial score (nSPS) is 10.4. The van der Waals surface area contributed by atoms with Crippen molar-refractivity contribution in [3.05, 3.63) is 35.3 Å². The fourth-order valence-corrected chi connectivity index (χ4v) is 1.67. The van der Waals surface area contributed by atoms with Gasteiger partial charge < -0.3 is 4.57 Å². The van der Waals surface area contributed by atoms with E-state index in [0.717, 1.165) is 16.5 Å². The van der Waals surface area contributed by atoms with Crippen molar-refractivity contribution in [1.29, 1.82) is 5.26 Å². The second-order valence-corrected chi connectivity index (χ2v) is 3.36. The molecular weight excluding hydrogens is 179 g/mol. The lowest BCUT2D eigenvalue weighted by atomic mass is 10.1. The summed E-state index contributed by atoms with van der Waals surface area (Å²) in [5, 5.41) is 9.75. The van der Waals surface area contributed by atoms with Crippen LogP contribution in [0.4, 0.5) is 4.39 Å². The van der Waals surface area contributed by atoms with Crippen molar-refractivity contribution in [1.82, 2.24) is 4.57 Å². The van der Waals surface area contributed by atoms with Gasteiger partial charge in [0, 0.05) is 12.4 Å². The summed E-state index contributed by atoms with van der Waals surface area (Å²) in [4.78, 5) is 0. The van der Waals surface area contributed by atoms with Crippen molar-refractivity contribution in [2.45, 2.75) is 6.92 Å². The van der Waals surface area contributed by atoms with Gasteiger partial charge in [0.25, 0.3) is 0 Å². The lowest BCUT2D eigenvalue weighted by Crippen LogP contribution is -1.91. The van der Waals surface area contributed by atoms with E-state index in [2.05, 4.69) is 6.07 Å². The van der Waals surface area contributed by atoms with Gasteiger partial charge in [-0.3, -0.25) is 0 Å². The number of hydrogen-bond acceptors (Lipinski definition) is 1. The molecule has 2 rings (SSSR count). The maximum atomic E-state index is 13.1. The van der Waals surface area contributed by atoms with Crippen LogP contribution in [0.25, 0.3) is 10.9 Å². The smallest absolute Gasteiger partial charge is 0.125 e. The first-order valence-electron chi connectivity index (χ1n) is 4.29. The van der Waals surface area contributed by atoms with Crippen molar-refractivity contribution in [3.8, 4) is 6.07 Å². The van der Waals surface area contributed by atoms with Crippen LogP contribution in [0.2, 0.25) is 0 Å². The van der Waals surface area contributed by atoms with Crippen LogP contribution in [0.15, 0.2) is 18.2 Å². The third kappa shape index (κ3) is 1.08. The number of aromatic nitrogens is 1. The molecule has 0 amide bonds. The van der Waals surface area contributed by atoms with E-state index in [4.69, 9.17) is 5.26 Å². The zero-order chi connectivity index (χ0) is 10.3. The van der Waals surface area contributed by atoms with Gasteiger partial charge in [-0.2, -0.15) is 5.26 Å². The highest BCUT2D eigenvalue weighted by molar-refractivity contribution is 5.85. The molecule has 0 bridgehead atoms. The van der Waals surface area contributed by atoms with Crippen molar-refractivity contribution < 1.29 is 4.39 Å². The van der Waals surface area contributed by atoms with E-state index in [0.29, 0.717) is 5.69 Å². The Morgan fingerprint density at radius 1 is 1.36 bits per heavy atom. The van der Waals surface area contributed by atoms with Gasteiger partial charge in [-0.25, -0.2) is 4.39 Å². The Bertz CT molecular complexity index is 546. The maximum absolute atomic E-state index is 13.1. The van der Waals surface area contributed by atoms with Crippen molar-refractivity contribution in [2.75, 3.05) is 0 Å². The Morgan fingerprint density at radius 2 is 2.07 bits per heavy atom. The van der Waals surface area contributed by atoms with Crippen LogP contribution in [0.1, 0.15) is 11.3 Å². The van der Waals surface area contributed by atoms with Crippen molar-refractivity contribution >= 4 is 10.9 Å².